The second-order valence-electron chi connectivity index (χ2n) is 8.38. The zero-order valence-electron chi connectivity index (χ0n) is 19.2. The molecule has 2 saturated heterocycles. The quantitative estimate of drug-likeness (QED) is 0.317. The van der Waals surface area contributed by atoms with Crippen LogP contribution in [0.1, 0.15) is 65.7 Å². The van der Waals surface area contributed by atoms with Crippen LogP contribution in [-0.2, 0) is 14.2 Å². The van der Waals surface area contributed by atoms with E-state index < -0.39 is 0 Å². The number of hydrogen-bond donors (Lipinski definition) is 0. The monoisotopic (exact) mass is 416 g/mol. The molecule has 0 radical (unpaired) electrons. The maximum absolute atomic E-state index is 9.62. The number of nitrogens with zero attached hydrogens (tertiary/aromatic N) is 2. The number of hydrogen-bond acceptors (Lipinski definition) is 5. The van der Waals surface area contributed by atoms with Gasteiger partial charge in [0.05, 0.1) is 25.0 Å². The highest BCUT2D eigenvalue weighted by Gasteiger charge is 2.21. The number of rotatable bonds is 12. The van der Waals surface area contributed by atoms with E-state index in [2.05, 4.69) is 30.0 Å². The maximum atomic E-state index is 9.62. The third-order valence-electron chi connectivity index (χ3n) is 5.86. The zero-order valence-corrected chi connectivity index (χ0v) is 19.2. The minimum atomic E-state index is -0.170. The van der Waals surface area contributed by atoms with Gasteiger partial charge >= 0.3 is 0 Å². The lowest BCUT2D eigenvalue weighted by molar-refractivity contribution is -0.00969. The third-order valence-corrected chi connectivity index (χ3v) is 5.86. The van der Waals surface area contributed by atoms with E-state index in [1.54, 1.807) is 0 Å². The van der Waals surface area contributed by atoms with Gasteiger partial charge in [0.15, 0.2) is 0 Å². The lowest BCUT2D eigenvalue weighted by Gasteiger charge is -2.26. The largest absolute Gasteiger partial charge is 0.497 e. The van der Waals surface area contributed by atoms with Crippen LogP contribution in [-0.4, -0.2) is 50.5 Å². The van der Waals surface area contributed by atoms with Crippen molar-refractivity contribution in [1.29, 1.82) is 5.26 Å². The van der Waals surface area contributed by atoms with Gasteiger partial charge in [-0.3, -0.25) is 4.90 Å². The van der Waals surface area contributed by atoms with Gasteiger partial charge < -0.3 is 14.2 Å². The summed E-state index contributed by atoms with van der Waals surface area (Å²) in [5.74, 6) is 1.62. The van der Waals surface area contributed by atoms with Gasteiger partial charge in [0.25, 0.3) is 0 Å². The molecule has 2 fully saturated rings. The minimum Gasteiger partial charge on any atom is -0.497 e. The molecule has 0 saturated carbocycles. The molecule has 168 valence electrons. The summed E-state index contributed by atoms with van der Waals surface area (Å²) in [5.41, 5.74) is 1.31. The number of allylic oxidation sites excluding steroid dienone is 6. The van der Waals surface area contributed by atoms with Gasteiger partial charge in [-0.05, 0) is 78.1 Å². The lowest BCUT2D eigenvalue weighted by atomic mass is 9.98. The van der Waals surface area contributed by atoms with E-state index in [9.17, 15) is 5.26 Å². The molecular weight excluding hydrogens is 376 g/mol. The SMILES string of the molecule is C/C=C(/OC1CCOCC1)C(C#N)CCC/C(C)=C/C=C(\C)OCCN1CCCC1. The molecule has 2 aliphatic rings. The molecule has 30 heavy (non-hydrogen) atoms. The average molecular weight is 417 g/mol. The molecule has 0 spiro atoms. The van der Waals surface area contributed by atoms with Crippen LogP contribution in [0.5, 0.6) is 0 Å². The Labute approximate surface area is 183 Å². The van der Waals surface area contributed by atoms with Crippen molar-refractivity contribution in [2.75, 3.05) is 39.5 Å². The lowest BCUT2D eigenvalue weighted by Crippen LogP contribution is -2.24. The van der Waals surface area contributed by atoms with Gasteiger partial charge in [-0.1, -0.05) is 11.6 Å². The van der Waals surface area contributed by atoms with E-state index in [0.29, 0.717) is 0 Å². The van der Waals surface area contributed by atoms with E-state index >= 15 is 0 Å². The van der Waals surface area contributed by atoms with E-state index in [4.69, 9.17) is 14.2 Å². The molecule has 1 unspecified atom stereocenters. The molecule has 0 aromatic heterocycles. The first kappa shape index (κ1) is 24.5. The Morgan fingerprint density at radius 1 is 1.20 bits per heavy atom. The number of likely N-dealkylation sites (tertiary alicyclic amines) is 1. The first-order valence-corrected chi connectivity index (χ1v) is 11.6. The molecule has 2 heterocycles. The van der Waals surface area contributed by atoms with Gasteiger partial charge in [-0.15, -0.1) is 0 Å². The highest BCUT2D eigenvalue weighted by molar-refractivity contribution is 5.13. The summed E-state index contributed by atoms with van der Waals surface area (Å²) in [6.07, 6.45) is 13.6. The second kappa shape index (κ2) is 14.3. The van der Waals surface area contributed by atoms with Crippen LogP contribution in [0.3, 0.4) is 0 Å². The summed E-state index contributed by atoms with van der Waals surface area (Å²) >= 11 is 0. The van der Waals surface area contributed by atoms with Gasteiger partial charge in [0, 0.05) is 19.4 Å². The van der Waals surface area contributed by atoms with Crippen molar-refractivity contribution in [3.05, 3.63) is 35.3 Å². The van der Waals surface area contributed by atoms with Crippen LogP contribution >= 0.6 is 0 Å². The molecule has 0 amide bonds. The van der Waals surface area contributed by atoms with Crippen molar-refractivity contribution in [2.45, 2.75) is 71.8 Å². The molecule has 0 aromatic carbocycles. The van der Waals surface area contributed by atoms with Crippen LogP contribution in [0.4, 0.5) is 0 Å². The Hall–Kier alpha value is -1.77. The summed E-state index contributed by atoms with van der Waals surface area (Å²) in [6.45, 7) is 11.8. The average Bonchev–Trinajstić information content (AvgIpc) is 3.28. The predicted octanol–water partition coefficient (Wildman–Crippen LogP) is 5.36. The molecule has 0 aromatic rings. The standard InChI is InChI=1S/C25H40N2O3/c1-4-25(30-24-12-17-28-18-13-24)23(20-26)9-7-8-21(2)10-11-22(3)29-19-16-27-14-5-6-15-27/h4,10-11,23-24H,5-9,12-19H2,1-3H3/b21-10+,22-11+,25-4+. The topological polar surface area (TPSA) is 54.7 Å². The maximum Gasteiger partial charge on any atom is 0.109 e. The first-order valence-electron chi connectivity index (χ1n) is 11.6. The van der Waals surface area contributed by atoms with Crippen LogP contribution < -0.4 is 0 Å². The van der Waals surface area contributed by atoms with Crippen LogP contribution in [0.25, 0.3) is 0 Å². The fourth-order valence-corrected chi connectivity index (χ4v) is 3.93. The van der Waals surface area contributed by atoms with Crippen molar-refractivity contribution in [1.82, 2.24) is 4.90 Å². The normalized spacial score (nSPS) is 20.8. The van der Waals surface area contributed by atoms with Crippen molar-refractivity contribution in [2.24, 2.45) is 5.92 Å². The number of nitriles is 1. The molecular formula is C25H40N2O3. The molecule has 0 aliphatic carbocycles. The summed E-state index contributed by atoms with van der Waals surface area (Å²) in [4.78, 5) is 2.46. The Morgan fingerprint density at radius 2 is 1.93 bits per heavy atom. The van der Waals surface area contributed by atoms with Crippen LogP contribution in [0, 0.1) is 17.2 Å². The van der Waals surface area contributed by atoms with E-state index in [-0.39, 0.29) is 12.0 Å². The summed E-state index contributed by atoms with van der Waals surface area (Å²) in [6, 6.07) is 2.43. The highest BCUT2D eigenvalue weighted by Crippen LogP contribution is 2.24. The third kappa shape index (κ3) is 9.36. The smallest absolute Gasteiger partial charge is 0.109 e. The second-order valence-corrected chi connectivity index (χ2v) is 8.38. The Morgan fingerprint density at radius 3 is 2.60 bits per heavy atom. The predicted molar refractivity (Wildman–Crippen MR) is 121 cm³/mol. The van der Waals surface area contributed by atoms with Gasteiger partial charge in [0.2, 0.25) is 0 Å². The molecule has 1 atom stereocenters. The molecule has 5 nitrogen and oxygen atoms in total. The fraction of sp³-hybridized carbons (Fsp3) is 0.720. The van der Waals surface area contributed by atoms with E-state index in [0.717, 1.165) is 70.0 Å². The molecule has 0 bridgehead atoms. The van der Waals surface area contributed by atoms with Crippen LogP contribution in [0.2, 0.25) is 0 Å². The van der Waals surface area contributed by atoms with Gasteiger partial charge in [0.1, 0.15) is 24.4 Å². The summed E-state index contributed by atoms with van der Waals surface area (Å²) in [7, 11) is 0. The van der Waals surface area contributed by atoms with Gasteiger partial charge in [-0.2, -0.15) is 5.26 Å². The highest BCUT2D eigenvalue weighted by atomic mass is 16.5. The molecule has 0 N–H and O–H groups in total. The molecule has 2 rings (SSSR count). The van der Waals surface area contributed by atoms with E-state index in [1.165, 1.54) is 31.5 Å². The molecule has 5 heteroatoms. The van der Waals surface area contributed by atoms with Crippen molar-refractivity contribution < 1.29 is 14.2 Å². The minimum absolute atomic E-state index is 0.170. The first-order chi connectivity index (χ1) is 14.6. The molecule has 2 aliphatic heterocycles. The van der Waals surface area contributed by atoms with Crippen molar-refractivity contribution in [3.8, 4) is 6.07 Å². The fourth-order valence-electron chi connectivity index (χ4n) is 3.93. The Kier molecular flexibility index (Phi) is 11.7. The number of ether oxygens (including phenoxy) is 3. The summed E-state index contributed by atoms with van der Waals surface area (Å²) < 4.78 is 17.3. The van der Waals surface area contributed by atoms with E-state index in [1.807, 2.05) is 19.9 Å². The zero-order chi connectivity index (χ0) is 21.6. The van der Waals surface area contributed by atoms with Crippen molar-refractivity contribution in [3.63, 3.8) is 0 Å². The Bertz CT molecular complexity index is 621. The van der Waals surface area contributed by atoms with Crippen molar-refractivity contribution >= 4 is 0 Å². The summed E-state index contributed by atoms with van der Waals surface area (Å²) in [5, 5.41) is 9.62. The van der Waals surface area contributed by atoms with Crippen LogP contribution in [0.15, 0.2) is 35.3 Å². The Balaban J connectivity index is 1.68. The van der Waals surface area contributed by atoms with Gasteiger partial charge in [-0.25, -0.2) is 0 Å².